The molecule has 4 nitrogen and oxygen atoms in total. The summed E-state index contributed by atoms with van der Waals surface area (Å²) in [4.78, 5) is -0.0224. The van der Waals surface area contributed by atoms with Gasteiger partial charge in [0.25, 0.3) is 0 Å². The van der Waals surface area contributed by atoms with Gasteiger partial charge in [-0.15, -0.1) is 0 Å². The average molecular weight is 346 g/mol. The Morgan fingerprint density at radius 2 is 1.74 bits per heavy atom. The number of halogens is 2. The molecule has 0 unspecified atom stereocenters. The van der Waals surface area contributed by atoms with E-state index in [1.54, 1.807) is 0 Å². The number of nitrogens with two attached hydrogens (primary N) is 1. The van der Waals surface area contributed by atoms with Crippen molar-refractivity contribution in [2.45, 2.75) is 4.90 Å². The molecule has 0 aliphatic rings. The van der Waals surface area contributed by atoms with E-state index < -0.39 is 10.0 Å². The van der Waals surface area contributed by atoms with Gasteiger partial charge >= 0.3 is 0 Å². The molecule has 0 aromatic heterocycles. The lowest BCUT2D eigenvalue weighted by Crippen LogP contribution is -2.11. The molecule has 2 N–H and O–H groups in total. The predicted octanol–water partition coefficient (Wildman–Crippen LogP) is 3.03. The second-order valence-corrected chi connectivity index (χ2v) is 6.11. The van der Waals surface area contributed by atoms with Gasteiger partial charge in [0.05, 0.1) is 9.37 Å². The predicted molar refractivity (Wildman–Crippen MR) is 72.0 cm³/mol. The van der Waals surface area contributed by atoms with Crippen LogP contribution in [0.25, 0.3) is 0 Å². The van der Waals surface area contributed by atoms with Crippen molar-refractivity contribution < 1.29 is 17.5 Å². The lowest BCUT2D eigenvalue weighted by atomic mass is 10.3. The maximum absolute atomic E-state index is 12.7. The minimum Gasteiger partial charge on any atom is -0.456 e. The summed E-state index contributed by atoms with van der Waals surface area (Å²) in [6.45, 7) is 0. The second-order valence-electron chi connectivity index (χ2n) is 3.69. The summed E-state index contributed by atoms with van der Waals surface area (Å²) in [6, 6.07) is 9.61. The molecule has 0 saturated heterocycles. The standard InChI is InChI=1S/C12H9BrFNO3S/c13-11-7-10(19(15,16)17)5-6-12(11)18-9-3-1-8(14)2-4-9/h1-7H,(H2,15,16,17). The van der Waals surface area contributed by atoms with Gasteiger partial charge in [-0.25, -0.2) is 17.9 Å². The van der Waals surface area contributed by atoms with Crippen LogP contribution < -0.4 is 9.88 Å². The van der Waals surface area contributed by atoms with Crippen molar-refractivity contribution in [3.8, 4) is 11.5 Å². The largest absolute Gasteiger partial charge is 0.456 e. The SMILES string of the molecule is NS(=O)(=O)c1ccc(Oc2ccc(F)cc2)c(Br)c1. The van der Waals surface area contributed by atoms with Crippen molar-refractivity contribution in [3.05, 3.63) is 52.8 Å². The van der Waals surface area contributed by atoms with Crippen molar-refractivity contribution in [2.75, 3.05) is 0 Å². The normalized spacial score (nSPS) is 11.3. The third kappa shape index (κ3) is 3.52. The molecule has 19 heavy (non-hydrogen) atoms. The third-order valence-corrected chi connectivity index (χ3v) is 3.80. The molecule has 0 aliphatic carbocycles. The summed E-state index contributed by atoms with van der Waals surface area (Å²) in [5, 5.41) is 5.01. The first-order valence-electron chi connectivity index (χ1n) is 5.12. The molecular weight excluding hydrogens is 337 g/mol. The molecule has 0 saturated carbocycles. The van der Waals surface area contributed by atoms with E-state index in [4.69, 9.17) is 9.88 Å². The number of ether oxygens (including phenoxy) is 1. The van der Waals surface area contributed by atoms with Gasteiger partial charge in [0, 0.05) is 0 Å². The zero-order valence-corrected chi connectivity index (χ0v) is 11.9. The van der Waals surface area contributed by atoms with Crippen LogP contribution in [0.2, 0.25) is 0 Å². The van der Waals surface area contributed by atoms with Crippen LogP contribution in [0.1, 0.15) is 0 Å². The van der Waals surface area contributed by atoms with Gasteiger partial charge in [0.2, 0.25) is 10.0 Å². The van der Waals surface area contributed by atoms with E-state index in [2.05, 4.69) is 15.9 Å². The summed E-state index contributed by atoms with van der Waals surface area (Å²) < 4.78 is 41.0. The average Bonchev–Trinajstić information content (AvgIpc) is 2.33. The third-order valence-electron chi connectivity index (χ3n) is 2.27. The summed E-state index contributed by atoms with van der Waals surface area (Å²) in [7, 11) is -3.76. The number of primary sulfonamides is 1. The van der Waals surface area contributed by atoms with Gasteiger partial charge in [-0.3, -0.25) is 0 Å². The summed E-state index contributed by atoms with van der Waals surface area (Å²) in [5.41, 5.74) is 0. The molecule has 0 amide bonds. The Hall–Kier alpha value is -1.44. The number of sulfonamides is 1. The van der Waals surface area contributed by atoms with Gasteiger partial charge < -0.3 is 4.74 Å². The van der Waals surface area contributed by atoms with Gasteiger partial charge in [-0.1, -0.05) is 0 Å². The van der Waals surface area contributed by atoms with Gasteiger partial charge in [0.1, 0.15) is 17.3 Å². The molecular formula is C12H9BrFNO3S. The molecule has 2 aromatic carbocycles. The van der Waals surface area contributed by atoms with Crippen LogP contribution in [0.5, 0.6) is 11.5 Å². The van der Waals surface area contributed by atoms with Crippen LogP contribution >= 0.6 is 15.9 Å². The Morgan fingerprint density at radius 1 is 1.11 bits per heavy atom. The highest BCUT2D eigenvalue weighted by atomic mass is 79.9. The summed E-state index contributed by atoms with van der Waals surface area (Å²) in [6.07, 6.45) is 0. The van der Waals surface area contributed by atoms with E-state index >= 15 is 0 Å². The van der Waals surface area contributed by atoms with E-state index in [0.29, 0.717) is 16.0 Å². The smallest absolute Gasteiger partial charge is 0.238 e. The van der Waals surface area contributed by atoms with Crippen LogP contribution in [0.3, 0.4) is 0 Å². The van der Waals surface area contributed by atoms with Crippen LogP contribution in [0.4, 0.5) is 4.39 Å². The fraction of sp³-hybridized carbons (Fsp3) is 0. The topological polar surface area (TPSA) is 69.4 Å². The van der Waals surface area contributed by atoms with Gasteiger partial charge in [-0.2, -0.15) is 0 Å². The molecule has 2 aromatic rings. The van der Waals surface area contributed by atoms with E-state index in [1.165, 1.54) is 42.5 Å². The van der Waals surface area contributed by atoms with E-state index in [0.717, 1.165) is 0 Å². The maximum atomic E-state index is 12.7. The molecule has 2 rings (SSSR count). The molecule has 0 bridgehead atoms. The van der Waals surface area contributed by atoms with Crippen LogP contribution in [0.15, 0.2) is 51.8 Å². The minimum atomic E-state index is -3.76. The molecule has 0 heterocycles. The fourth-order valence-electron chi connectivity index (χ4n) is 1.37. The Kier molecular flexibility index (Phi) is 3.88. The lowest BCUT2D eigenvalue weighted by molar-refractivity contribution is 0.477. The minimum absolute atomic E-state index is 0.0224. The molecule has 100 valence electrons. The number of benzene rings is 2. The van der Waals surface area contributed by atoms with E-state index in [-0.39, 0.29) is 10.7 Å². The zero-order valence-electron chi connectivity index (χ0n) is 9.51. The summed E-state index contributed by atoms with van der Waals surface area (Å²) >= 11 is 3.19. The highest BCUT2D eigenvalue weighted by Crippen LogP contribution is 2.31. The lowest BCUT2D eigenvalue weighted by Gasteiger charge is -2.08. The van der Waals surface area contributed by atoms with Crippen molar-refractivity contribution in [2.24, 2.45) is 5.14 Å². The molecule has 0 fully saturated rings. The van der Waals surface area contributed by atoms with Crippen LogP contribution in [0, 0.1) is 5.82 Å². The van der Waals surface area contributed by atoms with Crippen molar-refractivity contribution >= 4 is 26.0 Å². The summed E-state index contributed by atoms with van der Waals surface area (Å²) in [5.74, 6) is 0.473. The number of rotatable bonds is 3. The van der Waals surface area contributed by atoms with Gasteiger partial charge in [0.15, 0.2) is 0 Å². The fourth-order valence-corrected chi connectivity index (χ4v) is 2.52. The molecule has 0 aliphatic heterocycles. The number of hydrogen-bond donors (Lipinski definition) is 1. The maximum Gasteiger partial charge on any atom is 0.238 e. The van der Waals surface area contributed by atoms with Crippen molar-refractivity contribution in [3.63, 3.8) is 0 Å². The van der Waals surface area contributed by atoms with Crippen LogP contribution in [-0.2, 0) is 10.0 Å². The van der Waals surface area contributed by atoms with Crippen molar-refractivity contribution in [1.82, 2.24) is 0 Å². The first kappa shape index (κ1) is 14.0. The quantitative estimate of drug-likeness (QED) is 0.929. The van der Waals surface area contributed by atoms with E-state index in [1.807, 2.05) is 0 Å². The molecule has 0 atom stereocenters. The van der Waals surface area contributed by atoms with Crippen molar-refractivity contribution in [1.29, 1.82) is 0 Å². The zero-order chi connectivity index (χ0) is 14.0. The van der Waals surface area contributed by atoms with Gasteiger partial charge in [-0.05, 0) is 58.4 Å². The Morgan fingerprint density at radius 3 is 2.26 bits per heavy atom. The highest BCUT2D eigenvalue weighted by Gasteiger charge is 2.11. The molecule has 0 spiro atoms. The molecule has 0 radical (unpaired) electrons. The first-order chi connectivity index (χ1) is 8.86. The van der Waals surface area contributed by atoms with Crippen LogP contribution in [-0.4, -0.2) is 8.42 Å². The Balaban J connectivity index is 2.29. The monoisotopic (exact) mass is 345 g/mol. The second kappa shape index (κ2) is 5.28. The molecule has 7 heteroatoms. The number of hydrogen-bond acceptors (Lipinski definition) is 3. The van der Waals surface area contributed by atoms with E-state index in [9.17, 15) is 12.8 Å². The first-order valence-corrected chi connectivity index (χ1v) is 7.46. The highest BCUT2D eigenvalue weighted by molar-refractivity contribution is 9.10. The Bertz CT molecular complexity index is 701. The Labute approximate surface area is 118 Å².